The third-order valence-corrected chi connectivity index (χ3v) is 2.94. The summed E-state index contributed by atoms with van der Waals surface area (Å²) in [5.41, 5.74) is 1.86. The van der Waals surface area contributed by atoms with Crippen molar-refractivity contribution in [2.75, 3.05) is 14.2 Å². The summed E-state index contributed by atoms with van der Waals surface area (Å²) in [5.74, 6) is 1.26. The van der Waals surface area contributed by atoms with Crippen LogP contribution in [0.25, 0.3) is 11.3 Å². The largest absolute Gasteiger partial charge is 0.493 e. The minimum atomic E-state index is 0.190. The number of nitrogens with zero attached hydrogens (tertiary/aromatic N) is 2. The summed E-state index contributed by atoms with van der Waals surface area (Å²) in [5, 5.41) is 9.01. The summed E-state index contributed by atoms with van der Waals surface area (Å²) in [6.45, 7) is 0. The molecule has 0 N–H and O–H groups in total. The lowest BCUT2D eigenvalue weighted by molar-refractivity contribution is 0.355. The van der Waals surface area contributed by atoms with Gasteiger partial charge in [0.1, 0.15) is 11.2 Å². The van der Waals surface area contributed by atoms with Crippen molar-refractivity contribution in [2.24, 2.45) is 0 Å². The lowest BCUT2D eigenvalue weighted by Crippen LogP contribution is -1.92. The van der Waals surface area contributed by atoms with Gasteiger partial charge in [-0.1, -0.05) is 11.6 Å². The highest BCUT2D eigenvalue weighted by molar-refractivity contribution is 6.30. The summed E-state index contributed by atoms with van der Waals surface area (Å²) in [6.07, 6.45) is 0. The lowest BCUT2D eigenvalue weighted by Gasteiger charge is -2.09. The van der Waals surface area contributed by atoms with E-state index in [0.29, 0.717) is 22.8 Å². The van der Waals surface area contributed by atoms with Gasteiger partial charge in [-0.2, -0.15) is 5.26 Å². The van der Waals surface area contributed by atoms with Gasteiger partial charge in [0, 0.05) is 5.56 Å². The molecule has 96 valence electrons. The molecule has 0 saturated heterocycles. The molecule has 1 aromatic heterocycles. The van der Waals surface area contributed by atoms with Gasteiger partial charge in [0.05, 0.1) is 25.5 Å². The van der Waals surface area contributed by atoms with Crippen LogP contribution >= 0.6 is 11.6 Å². The van der Waals surface area contributed by atoms with Gasteiger partial charge in [-0.05, 0) is 30.3 Å². The van der Waals surface area contributed by atoms with Crippen LogP contribution in [0.15, 0.2) is 30.3 Å². The molecule has 0 aliphatic heterocycles. The minimum Gasteiger partial charge on any atom is -0.493 e. The van der Waals surface area contributed by atoms with Crippen molar-refractivity contribution in [1.82, 2.24) is 4.98 Å². The average Bonchev–Trinajstić information content (AvgIpc) is 2.46. The number of benzene rings is 1. The van der Waals surface area contributed by atoms with Crippen molar-refractivity contribution in [2.45, 2.75) is 0 Å². The summed E-state index contributed by atoms with van der Waals surface area (Å²) in [7, 11) is 3.15. The van der Waals surface area contributed by atoms with E-state index in [2.05, 4.69) is 4.98 Å². The van der Waals surface area contributed by atoms with Gasteiger partial charge in [-0.25, -0.2) is 4.98 Å². The van der Waals surface area contributed by atoms with Crippen LogP contribution in [0, 0.1) is 11.3 Å². The molecule has 0 aliphatic rings. The summed E-state index contributed by atoms with van der Waals surface area (Å²) in [4.78, 5) is 4.19. The highest BCUT2D eigenvalue weighted by Crippen LogP contribution is 2.32. The molecular formula is C14H11ClN2O2. The van der Waals surface area contributed by atoms with Crippen LogP contribution < -0.4 is 9.47 Å². The quantitative estimate of drug-likeness (QED) is 0.806. The Balaban J connectivity index is 2.48. The standard InChI is InChI=1S/C14H11ClN2O2/c1-18-12-6-4-9(7-13(12)19-2)11-5-3-10(8-16)14(15)17-11/h3-7H,1-2H3. The zero-order valence-corrected chi connectivity index (χ0v) is 11.2. The molecule has 19 heavy (non-hydrogen) atoms. The maximum Gasteiger partial charge on any atom is 0.161 e. The molecule has 0 aliphatic carbocycles. The second kappa shape index (κ2) is 5.59. The van der Waals surface area contributed by atoms with Gasteiger partial charge in [0.25, 0.3) is 0 Å². The Bertz CT molecular complexity index is 650. The number of hydrogen-bond donors (Lipinski definition) is 0. The van der Waals surface area contributed by atoms with Gasteiger partial charge in [0.15, 0.2) is 11.5 Å². The molecule has 1 heterocycles. The molecule has 2 aromatic rings. The Labute approximate surface area is 116 Å². The highest BCUT2D eigenvalue weighted by Gasteiger charge is 2.09. The van der Waals surface area contributed by atoms with E-state index in [4.69, 9.17) is 26.3 Å². The predicted molar refractivity (Wildman–Crippen MR) is 72.5 cm³/mol. The minimum absolute atomic E-state index is 0.190. The predicted octanol–water partition coefficient (Wildman–Crippen LogP) is 3.29. The monoisotopic (exact) mass is 274 g/mol. The van der Waals surface area contributed by atoms with E-state index >= 15 is 0 Å². The van der Waals surface area contributed by atoms with E-state index < -0.39 is 0 Å². The average molecular weight is 275 g/mol. The second-order valence-corrected chi connectivity index (χ2v) is 4.07. The van der Waals surface area contributed by atoms with Crippen LogP contribution in [-0.2, 0) is 0 Å². The van der Waals surface area contributed by atoms with Crippen molar-refractivity contribution in [1.29, 1.82) is 5.26 Å². The van der Waals surface area contributed by atoms with Gasteiger partial charge >= 0.3 is 0 Å². The first kappa shape index (κ1) is 13.2. The van der Waals surface area contributed by atoms with Gasteiger partial charge in [0.2, 0.25) is 0 Å². The molecule has 0 spiro atoms. The molecule has 0 saturated carbocycles. The topological polar surface area (TPSA) is 55.1 Å². The number of pyridine rings is 1. The first-order chi connectivity index (χ1) is 9.19. The van der Waals surface area contributed by atoms with Crippen molar-refractivity contribution in [3.05, 3.63) is 41.0 Å². The second-order valence-electron chi connectivity index (χ2n) is 3.72. The number of ether oxygens (including phenoxy) is 2. The maximum absolute atomic E-state index is 8.82. The number of aromatic nitrogens is 1. The Morgan fingerprint density at radius 1 is 1.11 bits per heavy atom. The molecule has 2 rings (SSSR count). The van der Waals surface area contributed by atoms with Crippen LogP contribution in [-0.4, -0.2) is 19.2 Å². The molecule has 0 atom stereocenters. The number of halogens is 1. The fourth-order valence-electron chi connectivity index (χ4n) is 1.67. The Kier molecular flexibility index (Phi) is 3.88. The molecule has 0 radical (unpaired) electrons. The number of methoxy groups -OCH3 is 2. The van der Waals surface area contributed by atoms with Crippen LogP contribution in [0.3, 0.4) is 0 Å². The van der Waals surface area contributed by atoms with E-state index in [-0.39, 0.29) is 5.15 Å². The van der Waals surface area contributed by atoms with E-state index in [0.717, 1.165) is 5.56 Å². The molecule has 0 amide bonds. The van der Waals surface area contributed by atoms with Crippen molar-refractivity contribution >= 4 is 11.6 Å². The zero-order chi connectivity index (χ0) is 13.8. The molecule has 0 unspecified atom stereocenters. The Morgan fingerprint density at radius 3 is 2.42 bits per heavy atom. The van der Waals surface area contributed by atoms with Crippen molar-refractivity contribution < 1.29 is 9.47 Å². The first-order valence-electron chi connectivity index (χ1n) is 5.48. The number of hydrogen-bond acceptors (Lipinski definition) is 4. The van der Waals surface area contributed by atoms with Crippen LogP contribution in [0.4, 0.5) is 0 Å². The summed E-state index contributed by atoms with van der Waals surface area (Å²) >= 11 is 5.92. The third-order valence-electron chi connectivity index (χ3n) is 2.65. The fourth-order valence-corrected chi connectivity index (χ4v) is 1.87. The van der Waals surface area contributed by atoms with Gasteiger partial charge < -0.3 is 9.47 Å². The summed E-state index contributed by atoms with van der Waals surface area (Å²) < 4.78 is 10.4. The SMILES string of the molecule is COc1ccc(-c2ccc(C#N)c(Cl)n2)cc1OC. The van der Waals surface area contributed by atoms with E-state index in [9.17, 15) is 0 Å². The van der Waals surface area contributed by atoms with Gasteiger partial charge in [-0.3, -0.25) is 0 Å². The smallest absolute Gasteiger partial charge is 0.161 e. The normalized spacial score (nSPS) is 9.79. The van der Waals surface area contributed by atoms with Gasteiger partial charge in [-0.15, -0.1) is 0 Å². The molecular weight excluding hydrogens is 264 g/mol. The van der Waals surface area contributed by atoms with E-state index in [1.807, 2.05) is 18.2 Å². The zero-order valence-electron chi connectivity index (χ0n) is 10.5. The molecule has 4 nitrogen and oxygen atoms in total. The van der Waals surface area contributed by atoms with Crippen LogP contribution in [0.5, 0.6) is 11.5 Å². The van der Waals surface area contributed by atoms with E-state index in [1.54, 1.807) is 32.4 Å². The van der Waals surface area contributed by atoms with E-state index in [1.165, 1.54) is 0 Å². The number of rotatable bonds is 3. The first-order valence-corrected chi connectivity index (χ1v) is 5.86. The van der Waals surface area contributed by atoms with Crippen molar-refractivity contribution in [3.63, 3.8) is 0 Å². The third kappa shape index (κ3) is 2.61. The van der Waals surface area contributed by atoms with Crippen LogP contribution in [0.1, 0.15) is 5.56 Å². The van der Waals surface area contributed by atoms with Crippen molar-refractivity contribution in [3.8, 4) is 28.8 Å². The van der Waals surface area contributed by atoms with Crippen LogP contribution in [0.2, 0.25) is 5.15 Å². The Hall–Kier alpha value is -2.25. The summed E-state index contributed by atoms with van der Waals surface area (Å²) in [6, 6.07) is 10.8. The fraction of sp³-hybridized carbons (Fsp3) is 0.143. The maximum atomic E-state index is 8.82. The Morgan fingerprint density at radius 2 is 1.84 bits per heavy atom. The highest BCUT2D eigenvalue weighted by atomic mass is 35.5. The molecule has 5 heteroatoms. The number of nitriles is 1. The molecule has 0 fully saturated rings. The lowest BCUT2D eigenvalue weighted by atomic mass is 10.1. The molecule has 0 bridgehead atoms. The molecule has 1 aromatic carbocycles.